The summed E-state index contributed by atoms with van der Waals surface area (Å²) in [5.74, 6) is 0.474. The van der Waals surface area contributed by atoms with Crippen LogP contribution in [0.3, 0.4) is 0 Å². The predicted octanol–water partition coefficient (Wildman–Crippen LogP) is 4.27. The molecular formula is C15H20ClNO2. The van der Waals surface area contributed by atoms with Gasteiger partial charge in [-0.15, -0.1) is 0 Å². The number of carbonyl (C=O) groups is 1. The minimum absolute atomic E-state index is 0.151. The molecule has 2 atom stereocenters. The van der Waals surface area contributed by atoms with Gasteiger partial charge in [-0.3, -0.25) is 0 Å². The molecule has 1 aliphatic rings. The van der Waals surface area contributed by atoms with Crippen LogP contribution in [0.4, 0.5) is 5.69 Å². The number of hydrogen-bond acceptors (Lipinski definition) is 2. The van der Waals surface area contributed by atoms with Crippen LogP contribution in [0.5, 0.6) is 0 Å². The Morgan fingerprint density at radius 1 is 1.26 bits per heavy atom. The third-order valence-corrected chi connectivity index (χ3v) is 4.06. The highest BCUT2D eigenvalue weighted by molar-refractivity contribution is 6.33. The van der Waals surface area contributed by atoms with Crippen molar-refractivity contribution in [2.75, 3.05) is 5.32 Å². The van der Waals surface area contributed by atoms with Gasteiger partial charge in [0.1, 0.15) is 0 Å². The van der Waals surface area contributed by atoms with Crippen LogP contribution in [0.15, 0.2) is 18.2 Å². The Labute approximate surface area is 119 Å². The van der Waals surface area contributed by atoms with Gasteiger partial charge in [0.15, 0.2) is 0 Å². The van der Waals surface area contributed by atoms with Crippen molar-refractivity contribution in [3.63, 3.8) is 0 Å². The largest absolute Gasteiger partial charge is 0.478 e. The highest BCUT2D eigenvalue weighted by Crippen LogP contribution is 2.31. The molecule has 0 amide bonds. The monoisotopic (exact) mass is 281 g/mol. The van der Waals surface area contributed by atoms with Crippen molar-refractivity contribution in [1.82, 2.24) is 0 Å². The molecule has 4 heteroatoms. The molecule has 0 spiro atoms. The molecule has 1 saturated carbocycles. The molecule has 1 fully saturated rings. The second-order valence-electron chi connectivity index (χ2n) is 5.76. The Hall–Kier alpha value is -1.22. The Kier molecular flexibility index (Phi) is 4.35. The lowest BCUT2D eigenvalue weighted by Crippen LogP contribution is -2.30. The van der Waals surface area contributed by atoms with E-state index in [1.54, 1.807) is 18.2 Å². The Bertz CT molecular complexity index is 465. The van der Waals surface area contributed by atoms with Crippen molar-refractivity contribution < 1.29 is 9.90 Å². The summed E-state index contributed by atoms with van der Waals surface area (Å²) in [6.45, 7) is 4.57. The third-order valence-electron chi connectivity index (χ3n) is 3.75. The summed E-state index contributed by atoms with van der Waals surface area (Å²) in [6, 6.07) is 5.50. The van der Waals surface area contributed by atoms with E-state index in [4.69, 9.17) is 16.7 Å². The number of halogens is 1. The standard InChI is InChI=1S/C15H20ClNO2/c1-9-5-10(2)7-12(6-9)17-11-3-4-13(15(18)19)14(16)8-11/h3-4,8-10,12,17H,5-7H2,1-2H3,(H,18,19). The first-order chi connectivity index (χ1) is 8.95. The summed E-state index contributed by atoms with van der Waals surface area (Å²) in [5, 5.41) is 12.7. The molecule has 19 heavy (non-hydrogen) atoms. The molecule has 0 heterocycles. The van der Waals surface area contributed by atoms with Crippen molar-refractivity contribution in [2.45, 2.75) is 39.2 Å². The highest BCUT2D eigenvalue weighted by Gasteiger charge is 2.23. The van der Waals surface area contributed by atoms with E-state index in [2.05, 4.69) is 19.2 Å². The van der Waals surface area contributed by atoms with Gasteiger partial charge in [-0.2, -0.15) is 0 Å². The first kappa shape index (κ1) is 14.2. The predicted molar refractivity (Wildman–Crippen MR) is 78.0 cm³/mol. The topological polar surface area (TPSA) is 49.3 Å². The minimum atomic E-state index is -0.989. The van der Waals surface area contributed by atoms with Crippen LogP contribution in [0, 0.1) is 11.8 Å². The van der Waals surface area contributed by atoms with E-state index in [0.717, 1.165) is 30.4 Å². The van der Waals surface area contributed by atoms with Gasteiger partial charge in [-0.25, -0.2) is 4.79 Å². The third kappa shape index (κ3) is 3.63. The van der Waals surface area contributed by atoms with Crippen LogP contribution < -0.4 is 5.32 Å². The molecule has 1 aromatic rings. The zero-order valence-corrected chi connectivity index (χ0v) is 12.1. The van der Waals surface area contributed by atoms with Crippen LogP contribution in [0.1, 0.15) is 43.5 Å². The van der Waals surface area contributed by atoms with Crippen LogP contribution in [0.2, 0.25) is 5.02 Å². The highest BCUT2D eigenvalue weighted by atomic mass is 35.5. The van der Waals surface area contributed by atoms with Crippen molar-refractivity contribution in [2.24, 2.45) is 11.8 Å². The Balaban J connectivity index is 2.07. The molecule has 2 unspecified atom stereocenters. The summed E-state index contributed by atoms with van der Waals surface area (Å²) in [5.41, 5.74) is 1.05. The van der Waals surface area contributed by atoms with E-state index in [9.17, 15) is 4.79 Å². The molecule has 1 aliphatic carbocycles. The fourth-order valence-corrected chi connectivity index (χ4v) is 3.34. The summed E-state index contributed by atoms with van der Waals surface area (Å²) >= 11 is 5.98. The molecule has 0 aromatic heterocycles. The first-order valence-electron chi connectivity index (χ1n) is 6.75. The summed E-state index contributed by atoms with van der Waals surface area (Å²) in [6.07, 6.45) is 3.60. The number of hydrogen-bond donors (Lipinski definition) is 2. The summed E-state index contributed by atoms with van der Waals surface area (Å²) < 4.78 is 0. The first-order valence-corrected chi connectivity index (χ1v) is 7.13. The van der Waals surface area contributed by atoms with Gasteiger partial charge in [0.25, 0.3) is 0 Å². The number of carboxylic acids is 1. The lowest BCUT2D eigenvalue weighted by molar-refractivity contribution is 0.0697. The molecule has 2 N–H and O–H groups in total. The average Bonchev–Trinajstić information content (AvgIpc) is 2.26. The quantitative estimate of drug-likeness (QED) is 0.870. The second kappa shape index (κ2) is 5.83. The fraction of sp³-hybridized carbons (Fsp3) is 0.533. The zero-order chi connectivity index (χ0) is 14.0. The molecular weight excluding hydrogens is 262 g/mol. The number of aromatic carboxylic acids is 1. The summed E-state index contributed by atoms with van der Waals surface area (Å²) in [7, 11) is 0. The molecule has 2 rings (SSSR count). The number of benzene rings is 1. The van der Waals surface area contributed by atoms with Crippen molar-refractivity contribution in [1.29, 1.82) is 0 Å². The molecule has 0 radical (unpaired) electrons. The number of rotatable bonds is 3. The van der Waals surface area contributed by atoms with Crippen LogP contribution >= 0.6 is 11.6 Å². The average molecular weight is 282 g/mol. The molecule has 0 aliphatic heterocycles. The van der Waals surface area contributed by atoms with E-state index < -0.39 is 5.97 Å². The molecule has 0 bridgehead atoms. The minimum Gasteiger partial charge on any atom is -0.478 e. The van der Waals surface area contributed by atoms with Gasteiger partial charge in [0.2, 0.25) is 0 Å². The van der Waals surface area contributed by atoms with Gasteiger partial charge >= 0.3 is 5.97 Å². The smallest absolute Gasteiger partial charge is 0.337 e. The van der Waals surface area contributed by atoms with Crippen molar-refractivity contribution in [3.8, 4) is 0 Å². The van der Waals surface area contributed by atoms with Crippen molar-refractivity contribution >= 4 is 23.3 Å². The number of carboxylic acid groups (broad SMARTS) is 1. The van der Waals surface area contributed by atoms with E-state index in [0.29, 0.717) is 6.04 Å². The SMILES string of the molecule is CC1CC(C)CC(Nc2ccc(C(=O)O)c(Cl)c2)C1. The van der Waals surface area contributed by atoms with Gasteiger partial charge in [-0.05, 0) is 49.3 Å². The maximum atomic E-state index is 10.9. The molecule has 0 saturated heterocycles. The maximum Gasteiger partial charge on any atom is 0.337 e. The number of nitrogens with one attached hydrogen (secondary N) is 1. The molecule has 1 aromatic carbocycles. The van der Waals surface area contributed by atoms with E-state index in [-0.39, 0.29) is 10.6 Å². The Morgan fingerprint density at radius 3 is 2.42 bits per heavy atom. The van der Waals surface area contributed by atoms with Gasteiger partial charge < -0.3 is 10.4 Å². The van der Waals surface area contributed by atoms with Gasteiger partial charge in [0.05, 0.1) is 10.6 Å². The van der Waals surface area contributed by atoms with Gasteiger partial charge in [-0.1, -0.05) is 25.4 Å². The lowest BCUT2D eigenvalue weighted by Gasteiger charge is -2.32. The second-order valence-corrected chi connectivity index (χ2v) is 6.17. The maximum absolute atomic E-state index is 10.9. The van der Waals surface area contributed by atoms with E-state index in [1.807, 2.05) is 0 Å². The summed E-state index contributed by atoms with van der Waals surface area (Å²) in [4.78, 5) is 10.9. The van der Waals surface area contributed by atoms with E-state index in [1.165, 1.54) is 6.42 Å². The van der Waals surface area contributed by atoms with Gasteiger partial charge in [0, 0.05) is 11.7 Å². The lowest BCUT2D eigenvalue weighted by atomic mass is 9.80. The van der Waals surface area contributed by atoms with Crippen molar-refractivity contribution in [3.05, 3.63) is 28.8 Å². The molecule has 3 nitrogen and oxygen atoms in total. The van der Waals surface area contributed by atoms with E-state index >= 15 is 0 Å². The molecule has 104 valence electrons. The fourth-order valence-electron chi connectivity index (χ4n) is 3.08. The van der Waals surface area contributed by atoms with Crippen LogP contribution in [0.25, 0.3) is 0 Å². The zero-order valence-electron chi connectivity index (χ0n) is 11.3. The van der Waals surface area contributed by atoms with Crippen LogP contribution in [-0.4, -0.2) is 17.1 Å². The van der Waals surface area contributed by atoms with Crippen LogP contribution in [-0.2, 0) is 0 Å². The Morgan fingerprint density at radius 2 is 1.89 bits per heavy atom. The normalized spacial score (nSPS) is 27.0. The number of anilines is 1.